The van der Waals surface area contributed by atoms with Gasteiger partial charge in [-0.25, -0.2) is 13.5 Å². The van der Waals surface area contributed by atoms with Gasteiger partial charge in [0.15, 0.2) is 0 Å². The van der Waals surface area contributed by atoms with E-state index in [9.17, 15) is 0 Å². The first-order valence-electron chi connectivity index (χ1n) is 10.4. The maximum absolute atomic E-state index is 6.95. The van der Waals surface area contributed by atoms with E-state index in [-0.39, 0.29) is 0 Å². The first kappa shape index (κ1) is 21.4. The molecule has 1 heterocycles. The lowest BCUT2D eigenvalue weighted by Gasteiger charge is -2.35. The van der Waals surface area contributed by atoms with Gasteiger partial charge in [0.1, 0.15) is 21.8 Å². The van der Waals surface area contributed by atoms with Gasteiger partial charge in [0.05, 0.1) is 0 Å². The van der Waals surface area contributed by atoms with Gasteiger partial charge in [-0.05, 0) is 0 Å². The first-order chi connectivity index (χ1) is 15.5. The summed E-state index contributed by atoms with van der Waals surface area (Å²) >= 11 is 0. The van der Waals surface area contributed by atoms with Crippen molar-refractivity contribution in [3.63, 3.8) is 0 Å². The minimum Gasteiger partial charge on any atom is -0.280 e. The minimum atomic E-state index is -2.54. The molecule has 1 aliphatic heterocycles. The number of nitrogens with zero attached hydrogens (tertiary/aromatic N) is 3. The van der Waals surface area contributed by atoms with E-state index in [2.05, 4.69) is 97.1 Å². The molecule has 0 fully saturated rings. The van der Waals surface area contributed by atoms with Crippen molar-refractivity contribution >= 4 is 43.0 Å². The summed E-state index contributed by atoms with van der Waals surface area (Å²) in [5, 5.41) is 4.48. The van der Waals surface area contributed by atoms with E-state index in [0.29, 0.717) is 0 Å². The molecule has 1 unspecified atom stereocenters. The van der Waals surface area contributed by atoms with E-state index in [1.807, 2.05) is 30.9 Å². The maximum atomic E-state index is 6.95. The van der Waals surface area contributed by atoms with Crippen molar-refractivity contribution in [3.8, 4) is 0 Å². The molecule has 1 atom stereocenters. The molecule has 4 nitrogen and oxygen atoms in total. The molecule has 0 bridgehead atoms. The Balaban J connectivity index is 2.00. The van der Waals surface area contributed by atoms with Gasteiger partial charge in [-0.2, -0.15) is 0 Å². The van der Waals surface area contributed by atoms with E-state index in [1.54, 1.807) is 0 Å². The average Bonchev–Trinajstić information content (AvgIpc) is 2.85. The summed E-state index contributed by atoms with van der Waals surface area (Å²) in [6.07, 6.45) is 0. The number of hydrogen-bond donors (Lipinski definition) is 1. The van der Waals surface area contributed by atoms with Gasteiger partial charge >= 0.3 is 0 Å². The normalized spacial score (nSPS) is 20.9. The van der Waals surface area contributed by atoms with Gasteiger partial charge in [0, 0.05) is 27.9 Å². The van der Waals surface area contributed by atoms with Gasteiger partial charge < -0.3 is 0 Å². The summed E-state index contributed by atoms with van der Waals surface area (Å²) in [4.78, 5) is 0. The SMILES string of the molecule is CP1(N)=NP(c2ccccc2)(c2ccccc2)=NP(c2ccccc2)(c2ccccc2)=N1. The Morgan fingerprint density at radius 1 is 0.438 bits per heavy atom. The highest BCUT2D eigenvalue weighted by atomic mass is 31.3. The van der Waals surface area contributed by atoms with Crippen molar-refractivity contribution in [1.29, 1.82) is 0 Å². The maximum Gasteiger partial charge on any atom is 0.139 e. The summed E-state index contributed by atoms with van der Waals surface area (Å²) < 4.78 is 16.4. The highest BCUT2D eigenvalue weighted by Crippen LogP contribution is 2.73. The third-order valence-corrected chi connectivity index (χ3v) is 16.5. The second-order valence-electron chi connectivity index (χ2n) is 7.79. The van der Waals surface area contributed by atoms with E-state index in [4.69, 9.17) is 19.1 Å². The summed E-state index contributed by atoms with van der Waals surface area (Å²) in [6.45, 7) is 2.02. The third-order valence-electron chi connectivity index (χ3n) is 5.34. The van der Waals surface area contributed by atoms with Gasteiger partial charge in [0.2, 0.25) is 0 Å². The molecule has 1 aliphatic rings. The van der Waals surface area contributed by atoms with Crippen LogP contribution in [0, 0.1) is 0 Å². The predicted octanol–water partition coefficient (Wildman–Crippen LogP) is 6.15. The molecule has 0 aromatic heterocycles. The van der Waals surface area contributed by atoms with Crippen molar-refractivity contribution in [2.45, 2.75) is 0 Å². The molecular weight excluding hydrogens is 449 g/mol. The summed E-state index contributed by atoms with van der Waals surface area (Å²) in [7, 11) is -7.56. The zero-order valence-electron chi connectivity index (χ0n) is 17.8. The molecule has 7 heteroatoms. The number of hydrogen-bond acceptors (Lipinski definition) is 4. The van der Waals surface area contributed by atoms with Gasteiger partial charge in [-0.1, -0.05) is 121 Å². The Bertz CT molecular complexity index is 1230. The molecule has 4 aromatic carbocycles. The van der Waals surface area contributed by atoms with Gasteiger partial charge in [-0.15, -0.1) is 0 Å². The van der Waals surface area contributed by atoms with Crippen LogP contribution in [0.2, 0.25) is 0 Å². The van der Waals surface area contributed by atoms with Crippen LogP contribution in [-0.2, 0) is 0 Å². The van der Waals surface area contributed by atoms with Crippen molar-refractivity contribution < 1.29 is 0 Å². The van der Waals surface area contributed by atoms with Gasteiger partial charge in [0.25, 0.3) is 0 Å². The van der Waals surface area contributed by atoms with Crippen LogP contribution < -0.4 is 26.7 Å². The highest BCUT2D eigenvalue weighted by molar-refractivity contribution is 7.96. The molecule has 5 rings (SSSR count). The van der Waals surface area contributed by atoms with Crippen LogP contribution in [0.25, 0.3) is 0 Å². The molecule has 2 N–H and O–H groups in total. The Morgan fingerprint density at radius 3 is 1.03 bits per heavy atom. The molecular formula is C25H25N4P3. The summed E-state index contributed by atoms with van der Waals surface area (Å²) in [6, 6.07) is 41.8. The smallest absolute Gasteiger partial charge is 0.139 e. The second-order valence-corrected chi connectivity index (χ2v) is 16.4. The number of rotatable bonds is 4. The fourth-order valence-corrected chi connectivity index (χ4v) is 17.4. The standard InChI is InChI=1S/C25H25N4P3/c1-30(26)27-31(22-14-6-2-7-15-22,23-16-8-3-9-17-23)29-32(28-30,24-18-10-4-11-19-24)25-20-12-5-13-21-25/h2-21H,26H2,1H3. The lowest BCUT2D eigenvalue weighted by Crippen LogP contribution is -2.21. The van der Waals surface area contributed by atoms with Crippen LogP contribution in [0.5, 0.6) is 0 Å². The fraction of sp³-hybridized carbons (Fsp3) is 0.0400. The van der Waals surface area contributed by atoms with Crippen molar-refractivity contribution in [1.82, 2.24) is 0 Å². The Morgan fingerprint density at radius 2 is 0.719 bits per heavy atom. The lowest BCUT2D eigenvalue weighted by molar-refractivity contribution is 1.59. The summed E-state index contributed by atoms with van der Waals surface area (Å²) in [5.41, 5.74) is 6.95. The monoisotopic (exact) mass is 474 g/mol. The van der Waals surface area contributed by atoms with E-state index in [0.717, 1.165) is 21.2 Å². The van der Waals surface area contributed by atoms with Crippen LogP contribution in [0.1, 0.15) is 0 Å². The molecule has 0 saturated carbocycles. The Labute approximate surface area is 189 Å². The minimum absolute atomic E-state index is 1.12. The molecule has 160 valence electrons. The molecule has 4 aromatic rings. The highest BCUT2D eigenvalue weighted by Gasteiger charge is 2.37. The number of nitrogens with two attached hydrogens (primary N) is 1. The fourth-order valence-electron chi connectivity index (χ4n) is 4.02. The molecule has 0 saturated heterocycles. The topological polar surface area (TPSA) is 63.1 Å². The van der Waals surface area contributed by atoms with Crippen LogP contribution in [0.4, 0.5) is 0 Å². The van der Waals surface area contributed by atoms with Crippen LogP contribution in [0.3, 0.4) is 0 Å². The van der Waals surface area contributed by atoms with Gasteiger partial charge in [-0.3, -0.25) is 5.50 Å². The Hall–Kier alpha value is -2.47. The van der Waals surface area contributed by atoms with Crippen LogP contribution in [0.15, 0.2) is 135 Å². The zero-order chi connectivity index (χ0) is 22.1. The van der Waals surface area contributed by atoms with Crippen LogP contribution >= 0.6 is 21.8 Å². The largest absolute Gasteiger partial charge is 0.280 e. The summed E-state index contributed by atoms with van der Waals surface area (Å²) in [5.74, 6) is 0. The number of benzene rings is 4. The van der Waals surface area contributed by atoms with E-state index >= 15 is 0 Å². The van der Waals surface area contributed by atoms with Crippen molar-refractivity contribution in [2.75, 3.05) is 6.66 Å². The molecule has 32 heavy (non-hydrogen) atoms. The predicted molar refractivity (Wildman–Crippen MR) is 142 cm³/mol. The molecule has 0 radical (unpaired) electrons. The van der Waals surface area contributed by atoms with E-state index < -0.39 is 21.8 Å². The average molecular weight is 474 g/mol. The molecule has 0 amide bonds. The third kappa shape index (κ3) is 3.79. The van der Waals surface area contributed by atoms with Crippen molar-refractivity contribution in [2.24, 2.45) is 19.1 Å². The second kappa shape index (κ2) is 8.47. The van der Waals surface area contributed by atoms with Crippen molar-refractivity contribution in [3.05, 3.63) is 121 Å². The quantitative estimate of drug-likeness (QED) is 0.354. The zero-order valence-corrected chi connectivity index (χ0v) is 20.5. The molecule has 0 spiro atoms. The first-order valence-corrected chi connectivity index (χ1v) is 16.0. The van der Waals surface area contributed by atoms with E-state index in [1.165, 1.54) is 0 Å². The molecule has 0 aliphatic carbocycles. The lowest BCUT2D eigenvalue weighted by atomic mass is 10.4. The van der Waals surface area contributed by atoms with Crippen LogP contribution in [-0.4, -0.2) is 6.66 Å². The Kier molecular flexibility index (Phi) is 5.66.